The van der Waals surface area contributed by atoms with E-state index in [9.17, 15) is 4.79 Å². The molecule has 2 atom stereocenters. The summed E-state index contributed by atoms with van der Waals surface area (Å²) in [4.78, 5) is 14.3. The summed E-state index contributed by atoms with van der Waals surface area (Å²) in [5.74, 6) is 0.627. The Hall–Kier alpha value is -1.35. The molecule has 3 nitrogen and oxygen atoms in total. The summed E-state index contributed by atoms with van der Waals surface area (Å²) in [6, 6.07) is 7.96. The summed E-state index contributed by atoms with van der Waals surface area (Å²) in [6.07, 6.45) is 1.05. The van der Waals surface area contributed by atoms with E-state index in [0.29, 0.717) is 12.5 Å². The number of carbonyl (C=O) groups excluding carboxylic acids is 1. The van der Waals surface area contributed by atoms with Crippen molar-refractivity contribution >= 4 is 5.91 Å². The van der Waals surface area contributed by atoms with E-state index in [1.165, 1.54) is 0 Å². The van der Waals surface area contributed by atoms with Crippen molar-refractivity contribution in [3.8, 4) is 0 Å². The Balaban J connectivity index is 2.20. The predicted molar refractivity (Wildman–Crippen MR) is 68.8 cm³/mol. The van der Waals surface area contributed by atoms with Crippen LogP contribution in [0.5, 0.6) is 0 Å². The van der Waals surface area contributed by atoms with E-state index in [2.05, 4.69) is 6.92 Å². The lowest BCUT2D eigenvalue weighted by molar-refractivity contribution is 0.0727. The molecule has 2 unspecified atom stereocenters. The highest BCUT2D eigenvalue weighted by atomic mass is 16.2. The minimum atomic E-state index is 0.119. The van der Waals surface area contributed by atoms with Crippen LogP contribution in [0.4, 0.5) is 0 Å². The number of amides is 1. The zero-order valence-electron chi connectivity index (χ0n) is 10.5. The summed E-state index contributed by atoms with van der Waals surface area (Å²) in [5, 5.41) is 0. The van der Waals surface area contributed by atoms with Gasteiger partial charge in [0.05, 0.1) is 0 Å². The van der Waals surface area contributed by atoms with Crippen molar-refractivity contribution in [1.29, 1.82) is 0 Å². The van der Waals surface area contributed by atoms with E-state index in [1.807, 2.05) is 36.1 Å². The molecular weight excluding hydrogens is 212 g/mol. The van der Waals surface area contributed by atoms with Crippen LogP contribution in [-0.2, 0) is 0 Å². The number of hydrogen-bond donors (Lipinski definition) is 1. The standard InChI is InChI=1S/C14H20N2O/c1-10-4-3-5-12(8-10)14(17)16-7-6-11(2)13(16)9-15/h3-5,8,11,13H,6-7,9,15H2,1-2H3. The van der Waals surface area contributed by atoms with Crippen LogP contribution in [0.1, 0.15) is 29.3 Å². The first kappa shape index (κ1) is 12.1. The molecule has 1 fully saturated rings. The van der Waals surface area contributed by atoms with Gasteiger partial charge in [0.15, 0.2) is 0 Å². The molecule has 2 rings (SSSR count). The van der Waals surface area contributed by atoms with Gasteiger partial charge in [0.1, 0.15) is 0 Å². The molecule has 0 saturated carbocycles. The van der Waals surface area contributed by atoms with Crippen molar-refractivity contribution in [3.63, 3.8) is 0 Å². The van der Waals surface area contributed by atoms with E-state index in [0.717, 1.165) is 24.1 Å². The van der Waals surface area contributed by atoms with Crippen molar-refractivity contribution in [2.45, 2.75) is 26.3 Å². The van der Waals surface area contributed by atoms with Crippen molar-refractivity contribution in [1.82, 2.24) is 4.90 Å². The Bertz CT molecular complexity index is 416. The van der Waals surface area contributed by atoms with Gasteiger partial charge in [-0.25, -0.2) is 0 Å². The number of likely N-dealkylation sites (tertiary alicyclic amines) is 1. The van der Waals surface area contributed by atoms with Gasteiger partial charge >= 0.3 is 0 Å². The minimum absolute atomic E-state index is 0.119. The van der Waals surface area contributed by atoms with E-state index in [1.54, 1.807) is 0 Å². The molecular formula is C14H20N2O. The largest absolute Gasteiger partial charge is 0.334 e. The lowest BCUT2D eigenvalue weighted by atomic mass is 10.0. The number of carbonyl (C=O) groups is 1. The lowest BCUT2D eigenvalue weighted by Crippen LogP contribution is -2.42. The van der Waals surface area contributed by atoms with Gasteiger partial charge in [-0.2, -0.15) is 0 Å². The molecule has 1 heterocycles. The van der Waals surface area contributed by atoms with Crippen molar-refractivity contribution in [2.75, 3.05) is 13.1 Å². The van der Waals surface area contributed by atoms with Crippen LogP contribution < -0.4 is 5.73 Å². The zero-order chi connectivity index (χ0) is 12.4. The molecule has 2 N–H and O–H groups in total. The average molecular weight is 232 g/mol. The highest BCUT2D eigenvalue weighted by molar-refractivity contribution is 5.94. The molecule has 92 valence electrons. The first-order chi connectivity index (χ1) is 8.13. The number of nitrogens with two attached hydrogens (primary N) is 1. The van der Waals surface area contributed by atoms with Gasteiger partial charge in [0.2, 0.25) is 0 Å². The fraction of sp³-hybridized carbons (Fsp3) is 0.500. The maximum Gasteiger partial charge on any atom is 0.254 e. The molecule has 3 heteroatoms. The van der Waals surface area contributed by atoms with Gasteiger partial charge in [0, 0.05) is 24.7 Å². The highest BCUT2D eigenvalue weighted by Gasteiger charge is 2.33. The van der Waals surface area contributed by atoms with Crippen molar-refractivity contribution in [3.05, 3.63) is 35.4 Å². The van der Waals surface area contributed by atoms with Gasteiger partial charge in [-0.3, -0.25) is 4.79 Å². The monoisotopic (exact) mass is 232 g/mol. The fourth-order valence-electron chi connectivity index (χ4n) is 2.56. The molecule has 0 aliphatic carbocycles. The Morgan fingerprint density at radius 2 is 2.29 bits per heavy atom. The molecule has 1 aromatic rings. The number of nitrogens with zero attached hydrogens (tertiary/aromatic N) is 1. The van der Waals surface area contributed by atoms with Crippen LogP contribution in [0.15, 0.2) is 24.3 Å². The normalized spacial score (nSPS) is 24.1. The second-order valence-electron chi connectivity index (χ2n) is 4.94. The third-order valence-corrected chi connectivity index (χ3v) is 3.65. The summed E-state index contributed by atoms with van der Waals surface area (Å²) in [6.45, 7) is 5.55. The summed E-state index contributed by atoms with van der Waals surface area (Å²) >= 11 is 0. The van der Waals surface area contributed by atoms with Gasteiger partial charge < -0.3 is 10.6 Å². The number of aryl methyl sites for hydroxylation is 1. The maximum atomic E-state index is 12.4. The summed E-state index contributed by atoms with van der Waals surface area (Å²) < 4.78 is 0. The van der Waals surface area contributed by atoms with Gasteiger partial charge in [-0.15, -0.1) is 0 Å². The number of rotatable bonds is 2. The summed E-state index contributed by atoms with van der Waals surface area (Å²) in [7, 11) is 0. The van der Waals surface area contributed by atoms with Crippen molar-refractivity contribution in [2.24, 2.45) is 11.7 Å². The number of benzene rings is 1. The smallest absolute Gasteiger partial charge is 0.254 e. The van der Waals surface area contributed by atoms with Crippen LogP contribution in [0, 0.1) is 12.8 Å². The second kappa shape index (κ2) is 4.88. The molecule has 1 saturated heterocycles. The highest BCUT2D eigenvalue weighted by Crippen LogP contribution is 2.25. The number of hydrogen-bond acceptors (Lipinski definition) is 2. The van der Waals surface area contributed by atoms with E-state index < -0.39 is 0 Å². The average Bonchev–Trinajstić information content (AvgIpc) is 2.69. The fourth-order valence-corrected chi connectivity index (χ4v) is 2.56. The molecule has 17 heavy (non-hydrogen) atoms. The Labute approximate surface area is 103 Å². The maximum absolute atomic E-state index is 12.4. The molecule has 0 bridgehead atoms. The van der Waals surface area contributed by atoms with Gasteiger partial charge in [0.25, 0.3) is 5.91 Å². The topological polar surface area (TPSA) is 46.3 Å². The molecule has 1 aliphatic heterocycles. The Morgan fingerprint density at radius 3 is 2.94 bits per heavy atom. The first-order valence-corrected chi connectivity index (χ1v) is 6.21. The van der Waals surface area contributed by atoms with E-state index in [4.69, 9.17) is 5.73 Å². The second-order valence-corrected chi connectivity index (χ2v) is 4.94. The lowest BCUT2D eigenvalue weighted by Gasteiger charge is -2.25. The van der Waals surface area contributed by atoms with Crippen LogP contribution in [0.3, 0.4) is 0 Å². The zero-order valence-corrected chi connectivity index (χ0v) is 10.5. The minimum Gasteiger partial charge on any atom is -0.334 e. The third kappa shape index (κ3) is 2.34. The molecule has 0 radical (unpaired) electrons. The van der Waals surface area contributed by atoms with Gasteiger partial charge in [-0.05, 0) is 31.4 Å². The predicted octanol–water partition coefficient (Wildman–Crippen LogP) is 1.80. The third-order valence-electron chi connectivity index (χ3n) is 3.65. The van der Waals surface area contributed by atoms with Crippen molar-refractivity contribution < 1.29 is 4.79 Å². The van der Waals surface area contributed by atoms with Crippen LogP contribution >= 0.6 is 0 Å². The molecule has 1 aromatic carbocycles. The molecule has 1 amide bonds. The summed E-state index contributed by atoms with van der Waals surface area (Å²) in [5.41, 5.74) is 7.66. The van der Waals surface area contributed by atoms with Crippen LogP contribution in [0.25, 0.3) is 0 Å². The van der Waals surface area contributed by atoms with Crippen LogP contribution in [-0.4, -0.2) is 29.9 Å². The van der Waals surface area contributed by atoms with E-state index >= 15 is 0 Å². The first-order valence-electron chi connectivity index (χ1n) is 6.21. The van der Waals surface area contributed by atoms with Gasteiger partial charge in [-0.1, -0.05) is 24.6 Å². The molecule has 0 aromatic heterocycles. The Morgan fingerprint density at radius 1 is 1.53 bits per heavy atom. The molecule has 0 spiro atoms. The van der Waals surface area contributed by atoms with Crippen LogP contribution in [0.2, 0.25) is 0 Å². The molecule has 1 aliphatic rings. The quantitative estimate of drug-likeness (QED) is 0.845. The van der Waals surface area contributed by atoms with E-state index in [-0.39, 0.29) is 11.9 Å². The SMILES string of the molecule is Cc1cccc(C(=O)N2CCC(C)C2CN)c1. The Kier molecular flexibility index (Phi) is 3.48.